The van der Waals surface area contributed by atoms with Crippen molar-refractivity contribution >= 4 is 25.3 Å². The van der Waals surface area contributed by atoms with Crippen LogP contribution in [0.4, 0.5) is 0 Å². The van der Waals surface area contributed by atoms with E-state index < -0.39 is 8.32 Å². The first-order valence-electron chi connectivity index (χ1n) is 8.66. The van der Waals surface area contributed by atoms with E-state index in [0.29, 0.717) is 6.61 Å². The van der Waals surface area contributed by atoms with Crippen LogP contribution >= 0.6 is 0 Å². The molecule has 1 aromatic heterocycles. The van der Waals surface area contributed by atoms with E-state index in [-0.39, 0.29) is 11.1 Å². The van der Waals surface area contributed by atoms with E-state index in [4.69, 9.17) is 9.16 Å². The van der Waals surface area contributed by atoms with Crippen LogP contribution in [-0.2, 0) is 10.8 Å². The molecule has 4 nitrogen and oxygen atoms in total. The molecule has 5 heteroatoms. The standard InChI is InChI=1S/C19H28N2O2Si/c1-13(23-24(5,6)19(2,3)4)12-16-18-14-8-7-11-22-17(14)10-9-15(18)20-21-16/h7-10,13H,11-12H2,1-6H3,(H,20,21)/t13-/m1/s1. The summed E-state index contributed by atoms with van der Waals surface area (Å²) in [6.45, 7) is 14.2. The molecule has 0 aliphatic carbocycles. The quantitative estimate of drug-likeness (QED) is 0.801. The average molecular weight is 345 g/mol. The van der Waals surface area contributed by atoms with Gasteiger partial charge in [0.05, 0.1) is 11.2 Å². The summed E-state index contributed by atoms with van der Waals surface area (Å²) in [5, 5.41) is 9.08. The number of ether oxygens (including phenoxy) is 1. The maximum absolute atomic E-state index is 6.50. The van der Waals surface area contributed by atoms with Gasteiger partial charge >= 0.3 is 0 Å². The molecule has 1 aromatic carbocycles. The van der Waals surface area contributed by atoms with Crippen molar-refractivity contribution in [3.63, 3.8) is 0 Å². The van der Waals surface area contributed by atoms with Gasteiger partial charge in [0.25, 0.3) is 0 Å². The normalized spacial score (nSPS) is 16.1. The lowest BCUT2D eigenvalue weighted by Gasteiger charge is -2.38. The zero-order chi connectivity index (χ0) is 17.5. The molecule has 1 aliphatic heterocycles. The van der Waals surface area contributed by atoms with Crippen molar-refractivity contribution in [1.82, 2.24) is 10.2 Å². The van der Waals surface area contributed by atoms with E-state index in [1.165, 1.54) is 0 Å². The first kappa shape index (κ1) is 17.2. The molecule has 1 atom stereocenters. The van der Waals surface area contributed by atoms with Crippen molar-refractivity contribution in [2.75, 3.05) is 6.61 Å². The molecule has 2 heterocycles. The lowest BCUT2D eigenvalue weighted by atomic mass is 10.0. The van der Waals surface area contributed by atoms with Crippen LogP contribution in [0, 0.1) is 0 Å². The number of aromatic nitrogens is 2. The summed E-state index contributed by atoms with van der Waals surface area (Å²) in [4.78, 5) is 0. The predicted molar refractivity (Wildman–Crippen MR) is 102 cm³/mol. The van der Waals surface area contributed by atoms with E-state index in [0.717, 1.165) is 34.3 Å². The minimum absolute atomic E-state index is 0.140. The molecule has 3 rings (SSSR count). The SMILES string of the molecule is C[C@H](Cc1n[nH]c2ccc3c(c12)C=CCO3)O[Si](C)(C)C(C)(C)C. The van der Waals surface area contributed by atoms with Gasteiger partial charge in [-0.25, -0.2) is 0 Å². The Morgan fingerprint density at radius 3 is 2.79 bits per heavy atom. The summed E-state index contributed by atoms with van der Waals surface area (Å²) in [5.74, 6) is 0.936. The fourth-order valence-electron chi connectivity index (χ4n) is 2.92. The zero-order valence-corrected chi connectivity index (χ0v) is 16.6. The number of fused-ring (bicyclic) bond motifs is 3. The third kappa shape index (κ3) is 3.15. The first-order chi connectivity index (χ1) is 11.2. The van der Waals surface area contributed by atoms with Crippen molar-refractivity contribution in [3.8, 4) is 5.75 Å². The number of rotatable bonds is 4. The summed E-state index contributed by atoms with van der Waals surface area (Å²) >= 11 is 0. The number of hydrogen-bond acceptors (Lipinski definition) is 3. The number of nitrogens with zero attached hydrogens (tertiary/aromatic N) is 1. The third-order valence-electron chi connectivity index (χ3n) is 5.21. The van der Waals surface area contributed by atoms with Crippen molar-refractivity contribution in [2.24, 2.45) is 0 Å². The van der Waals surface area contributed by atoms with Gasteiger partial charge in [0.2, 0.25) is 0 Å². The molecule has 0 radical (unpaired) electrons. The molecule has 24 heavy (non-hydrogen) atoms. The van der Waals surface area contributed by atoms with Crippen LogP contribution in [0.2, 0.25) is 18.1 Å². The third-order valence-corrected chi connectivity index (χ3v) is 9.81. The monoisotopic (exact) mass is 344 g/mol. The van der Waals surface area contributed by atoms with E-state index in [1.807, 2.05) is 18.2 Å². The highest BCUT2D eigenvalue weighted by atomic mass is 28.4. The average Bonchev–Trinajstić information content (AvgIpc) is 2.89. The number of benzene rings is 1. The second kappa shape index (κ2) is 6.04. The van der Waals surface area contributed by atoms with Gasteiger partial charge in [-0.1, -0.05) is 26.8 Å². The van der Waals surface area contributed by atoms with Crippen molar-refractivity contribution in [3.05, 3.63) is 29.5 Å². The molecule has 130 valence electrons. The Balaban J connectivity index is 1.87. The fourth-order valence-corrected chi connectivity index (χ4v) is 4.37. The smallest absolute Gasteiger partial charge is 0.192 e. The van der Waals surface area contributed by atoms with E-state index >= 15 is 0 Å². The van der Waals surface area contributed by atoms with Crippen LogP contribution in [0.15, 0.2) is 18.2 Å². The topological polar surface area (TPSA) is 47.1 Å². The van der Waals surface area contributed by atoms with Gasteiger partial charge in [-0.3, -0.25) is 5.10 Å². The van der Waals surface area contributed by atoms with Crippen molar-refractivity contribution < 1.29 is 9.16 Å². The Bertz CT molecular complexity index is 772. The Kier molecular flexibility index (Phi) is 4.34. The van der Waals surface area contributed by atoms with Crippen LogP contribution < -0.4 is 4.74 Å². The molecule has 0 amide bonds. The summed E-state index contributed by atoms with van der Waals surface area (Å²) in [5.41, 5.74) is 3.24. The van der Waals surface area contributed by atoms with Crippen molar-refractivity contribution in [2.45, 2.75) is 58.4 Å². The molecule has 0 spiro atoms. The van der Waals surface area contributed by atoms with Gasteiger partial charge in [-0.05, 0) is 43.3 Å². The molecular formula is C19H28N2O2Si. The Morgan fingerprint density at radius 2 is 2.08 bits per heavy atom. The van der Waals surface area contributed by atoms with E-state index in [9.17, 15) is 0 Å². The van der Waals surface area contributed by atoms with Crippen LogP contribution in [0.3, 0.4) is 0 Å². The highest BCUT2D eigenvalue weighted by molar-refractivity contribution is 6.74. The van der Waals surface area contributed by atoms with Crippen LogP contribution in [0.1, 0.15) is 39.0 Å². The Hall–Kier alpha value is -1.59. The number of hydrogen-bond donors (Lipinski definition) is 1. The van der Waals surface area contributed by atoms with E-state index in [2.05, 4.69) is 57.1 Å². The fraction of sp³-hybridized carbons (Fsp3) is 0.526. The number of aromatic amines is 1. The molecule has 0 bridgehead atoms. The molecule has 2 aromatic rings. The molecule has 1 aliphatic rings. The maximum Gasteiger partial charge on any atom is 0.192 e. The summed E-state index contributed by atoms with van der Waals surface area (Å²) in [6, 6.07) is 4.06. The zero-order valence-electron chi connectivity index (χ0n) is 15.6. The van der Waals surface area contributed by atoms with Gasteiger partial charge < -0.3 is 9.16 Å². The van der Waals surface area contributed by atoms with Gasteiger partial charge in [-0.2, -0.15) is 5.10 Å². The highest BCUT2D eigenvalue weighted by Gasteiger charge is 2.38. The second-order valence-electron chi connectivity index (χ2n) is 8.18. The number of nitrogens with one attached hydrogen (secondary N) is 1. The van der Waals surface area contributed by atoms with Crippen LogP contribution in [0.25, 0.3) is 17.0 Å². The van der Waals surface area contributed by atoms with Gasteiger partial charge in [0, 0.05) is 23.5 Å². The van der Waals surface area contributed by atoms with Crippen LogP contribution in [0.5, 0.6) is 5.75 Å². The first-order valence-corrected chi connectivity index (χ1v) is 11.6. The summed E-state index contributed by atoms with van der Waals surface area (Å²) in [6.07, 6.45) is 5.13. The van der Waals surface area contributed by atoms with Gasteiger partial charge in [-0.15, -0.1) is 0 Å². The lowest BCUT2D eigenvalue weighted by molar-refractivity contribution is 0.198. The van der Waals surface area contributed by atoms with Gasteiger partial charge in [0.15, 0.2) is 8.32 Å². The van der Waals surface area contributed by atoms with Crippen LogP contribution in [-0.4, -0.2) is 31.2 Å². The molecular weight excluding hydrogens is 316 g/mol. The lowest BCUT2D eigenvalue weighted by Crippen LogP contribution is -2.43. The highest BCUT2D eigenvalue weighted by Crippen LogP contribution is 2.38. The van der Waals surface area contributed by atoms with E-state index in [1.54, 1.807) is 0 Å². The molecule has 0 unspecified atom stereocenters. The summed E-state index contributed by atoms with van der Waals surface area (Å²) in [7, 11) is -1.77. The minimum atomic E-state index is -1.77. The molecule has 0 saturated heterocycles. The number of H-pyrrole nitrogens is 1. The largest absolute Gasteiger partial charge is 0.489 e. The predicted octanol–water partition coefficient (Wildman–Crippen LogP) is 4.92. The Morgan fingerprint density at radius 1 is 1.33 bits per heavy atom. The summed E-state index contributed by atoms with van der Waals surface area (Å²) < 4.78 is 12.2. The minimum Gasteiger partial charge on any atom is -0.489 e. The Labute approximate surface area is 145 Å². The second-order valence-corrected chi connectivity index (χ2v) is 12.9. The molecule has 0 saturated carbocycles. The molecule has 0 fully saturated rings. The van der Waals surface area contributed by atoms with Gasteiger partial charge in [0.1, 0.15) is 12.4 Å². The van der Waals surface area contributed by atoms with Crippen molar-refractivity contribution in [1.29, 1.82) is 0 Å². The maximum atomic E-state index is 6.50. The molecule has 1 N–H and O–H groups in total.